The smallest absolute Gasteiger partial charge is 0.343 e. The van der Waals surface area contributed by atoms with Crippen LogP contribution in [-0.4, -0.2) is 28.9 Å². The molecule has 2 aromatic rings. The van der Waals surface area contributed by atoms with Crippen molar-refractivity contribution in [3.8, 4) is 0 Å². The third kappa shape index (κ3) is 4.46. The zero-order valence-corrected chi connectivity index (χ0v) is 13.6. The van der Waals surface area contributed by atoms with Crippen LogP contribution in [0.2, 0.25) is 0 Å². The van der Waals surface area contributed by atoms with Gasteiger partial charge in [-0.25, -0.2) is 36.7 Å². The van der Waals surface area contributed by atoms with E-state index in [-0.39, 0.29) is 18.5 Å². The first-order valence-corrected chi connectivity index (χ1v) is 7.35. The first-order valence-electron chi connectivity index (χ1n) is 7.35. The summed E-state index contributed by atoms with van der Waals surface area (Å²) >= 11 is 0. The minimum absolute atomic E-state index is 0.0945. The van der Waals surface area contributed by atoms with Crippen LogP contribution in [0, 0.1) is 29.1 Å². The normalized spacial score (nSPS) is 12.2. The zero-order chi connectivity index (χ0) is 20.1. The van der Waals surface area contributed by atoms with Gasteiger partial charge in [0.15, 0.2) is 29.1 Å². The standard InChI is InChI=1S/C17H11F5N2O3/c1-2-27-17(26)10(7-24-12-4-3-8(18)6-23-12)16(25)9-5-11(19)14(21)15(22)13(9)20/h3-7,25H,2H2,1H3. The van der Waals surface area contributed by atoms with Gasteiger partial charge < -0.3 is 9.84 Å². The van der Waals surface area contributed by atoms with Crippen LogP contribution in [0.4, 0.5) is 27.8 Å². The van der Waals surface area contributed by atoms with Gasteiger partial charge in [0.25, 0.3) is 0 Å². The van der Waals surface area contributed by atoms with Crippen LogP contribution in [0.1, 0.15) is 12.5 Å². The summed E-state index contributed by atoms with van der Waals surface area (Å²) in [6, 6.07) is 2.31. The summed E-state index contributed by atoms with van der Waals surface area (Å²) in [5.41, 5.74) is -1.90. The van der Waals surface area contributed by atoms with E-state index in [0.29, 0.717) is 6.21 Å². The number of esters is 1. The van der Waals surface area contributed by atoms with Gasteiger partial charge in [0.05, 0.1) is 18.4 Å². The summed E-state index contributed by atoms with van der Waals surface area (Å²) in [5.74, 6) is -11.1. The Morgan fingerprint density at radius 1 is 1.19 bits per heavy atom. The summed E-state index contributed by atoms with van der Waals surface area (Å²) in [7, 11) is 0. The van der Waals surface area contributed by atoms with Crippen molar-refractivity contribution in [2.75, 3.05) is 6.61 Å². The third-order valence-electron chi connectivity index (χ3n) is 3.15. The number of aromatic nitrogens is 1. The van der Waals surface area contributed by atoms with Gasteiger partial charge in [0, 0.05) is 6.21 Å². The van der Waals surface area contributed by atoms with Crippen LogP contribution in [0.25, 0.3) is 5.76 Å². The highest BCUT2D eigenvalue weighted by Gasteiger charge is 2.25. The van der Waals surface area contributed by atoms with Crippen molar-refractivity contribution in [1.29, 1.82) is 0 Å². The molecule has 1 heterocycles. The minimum Gasteiger partial charge on any atom is -0.506 e. The van der Waals surface area contributed by atoms with Gasteiger partial charge in [-0.2, -0.15) is 0 Å². The molecular weight excluding hydrogens is 375 g/mol. The first kappa shape index (κ1) is 20.0. The molecule has 5 nitrogen and oxygen atoms in total. The summed E-state index contributed by atoms with van der Waals surface area (Å²) in [4.78, 5) is 19.2. The Bertz CT molecular complexity index is 927. The number of aliphatic hydroxyl groups is 1. The number of aliphatic imine (C=N–C) groups is 1. The molecule has 0 unspecified atom stereocenters. The predicted molar refractivity (Wildman–Crippen MR) is 84.8 cm³/mol. The number of carbonyl (C=O) groups is 1. The quantitative estimate of drug-likeness (QED) is 0.160. The number of pyridine rings is 1. The number of hydrogen-bond donors (Lipinski definition) is 1. The van der Waals surface area contributed by atoms with E-state index >= 15 is 0 Å². The number of nitrogens with zero attached hydrogens (tertiary/aromatic N) is 2. The van der Waals surface area contributed by atoms with E-state index in [1.807, 2.05) is 0 Å². The molecule has 0 aliphatic rings. The summed E-state index contributed by atoms with van der Waals surface area (Å²) in [6.07, 6.45) is 1.51. The van der Waals surface area contributed by atoms with Crippen LogP contribution in [0.3, 0.4) is 0 Å². The average Bonchev–Trinajstić information content (AvgIpc) is 2.64. The number of benzene rings is 1. The fourth-order valence-electron chi connectivity index (χ4n) is 1.88. The second-order valence-electron chi connectivity index (χ2n) is 4.92. The number of halogens is 5. The molecule has 0 spiro atoms. The number of carbonyl (C=O) groups excluding carboxylic acids is 1. The van der Waals surface area contributed by atoms with Crippen LogP contribution in [0.15, 0.2) is 35.0 Å². The highest BCUT2D eigenvalue weighted by molar-refractivity contribution is 6.15. The van der Waals surface area contributed by atoms with Crippen molar-refractivity contribution in [2.24, 2.45) is 4.99 Å². The summed E-state index contributed by atoms with van der Waals surface area (Å²) < 4.78 is 71.2. The average molecular weight is 386 g/mol. The van der Waals surface area contributed by atoms with E-state index < -0.39 is 52.0 Å². The first-order chi connectivity index (χ1) is 12.8. The van der Waals surface area contributed by atoms with E-state index in [9.17, 15) is 31.9 Å². The van der Waals surface area contributed by atoms with Crippen LogP contribution in [-0.2, 0) is 9.53 Å². The topological polar surface area (TPSA) is 71.8 Å². The van der Waals surface area contributed by atoms with Crippen molar-refractivity contribution in [2.45, 2.75) is 6.92 Å². The van der Waals surface area contributed by atoms with Crippen LogP contribution >= 0.6 is 0 Å². The Balaban J connectivity index is 2.58. The molecule has 0 saturated carbocycles. The molecule has 2 rings (SSSR count). The third-order valence-corrected chi connectivity index (χ3v) is 3.15. The molecule has 27 heavy (non-hydrogen) atoms. The van der Waals surface area contributed by atoms with E-state index in [0.717, 1.165) is 18.3 Å². The molecule has 0 aliphatic carbocycles. The molecule has 0 amide bonds. The van der Waals surface area contributed by atoms with Crippen molar-refractivity contribution in [3.05, 3.63) is 64.6 Å². The molecule has 142 valence electrons. The molecule has 1 aromatic heterocycles. The lowest BCUT2D eigenvalue weighted by molar-refractivity contribution is -0.137. The Hall–Kier alpha value is -3.30. The van der Waals surface area contributed by atoms with Gasteiger partial charge in [-0.3, -0.25) is 0 Å². The van der Waals surface area contributed by atoms with Crippen molar-refractivity contribution >= 4 is 23.8 Å². The Morgan fingerprint density at radius 3 is 2.48 bits per heavy atom. The van der Waals surface area contributed by atoms with Crippen LogP contribution in [0.5, 0.6) is 0 Å². The number of hydrogen-bond acceptors (Lipinski definition) is 5. The SMILES string of the molecule is CCOC(=O)C(C=Nc1ccc(F)cn1)=C(O)c1cc(F)c(F)c(F)c1F. The van der Waals surface area contributed by atoms with E-state index in [1.165, 1.54) is 6.92 Å². The van der Waals surface area contributed by atoms with Gasteiger partial charge >= 0.3 is 5.97 Å². The summed E-state index contributed by atoms with van der Waals surface area (Å²) in [6.45, 7) is 1.29. The summed E-state index contributed by atoms with van der Waals surface area (Å²) in [5, 5.41) is 10.1. The maximum absolute atomic E-state index is 13.9. The fraction of sp³-hybridized carbons (Fsp3) is 0.118. The van der Waals surface area contributed by atoms with Crippen molar-refractivity contribution < 1.29 is 36.6 Å². The Labute approximate surface area is 149 Å². The molecule has 1 N–H and O–H groups in total. The maximum atomic E-state index is 13.9. The molecule has 1 aromatic carbocycles. The van der Waals surface area contributed by atoms with Crippen molar-refractivity contribution in [3.63, 3.8) is 0 Å². The maximum Gasteiger partial charge on any atom is 0.343 e. The largest absolute Gasteiger partial charge is 0.506 e. The molecule has 0 aliphatic heterocycles. The Kier molecular flexibility index (Phi) is 6.22. The highest BCUT2D eigenvalue weighted by Crippen LogP contribution is 2.25. The van der Waals surface area contributed by atoms with E-state index in [2.05, 4.69) is 14.7 Å². The van der Waals surface area contributed by atoms with Crippen LogP contribution < -0.4 is 0 Å². The van der Waals surface area contributed by atoms with Gasteiger partial charge in [-0.15, -0.1) is 0 Å². The number of ether oxygens (including phenoxy) is 1. The molecule has 0 radical (unpaired) electrons. The minimum atomic E-state index is -2.17. The van der Waals surface area contributed by atoms with Gasteiger partial charge in [0.2, 0.25) is 0 Å². The lowest BCUT2D eigenvalue weighted by atomic mass is 10.1. The molecular formula is C17H11F5N2O3. The molecule has 0 bridgehead atoms. The second kappa shape index (κ2) is 8.39. The zero-order valence-electron chi connectivity index (χ0n) is 13.6. The van der Waals surface area contributed by atoms with Crippen molar-refractivity contribution in [1.82, 2.24) is 4.98 Å². The number of aliphatic hydroxyl groups excluding tert-OH is 1. The van der Waals surface area contributed by atoms with Gasteiger partial charge in [-0.1, -0.05) is 0 Å². The van der Waals surface area contributed by atoms with Gasteiger partial charge in [0.1, 0.15) is 17.1 Å². The predicted octanol–water partition coefficient (Wildman–Crippen LogP) is 4.01. The van der Waals surface area contributed by atoms with E-state index in [1.54, 1.807) is 0 Å². The second-order valence-corrected chi connectivity index (χ2v) is 4.92. The molecule has 0 saturated heterocycles. The lowest BCUT2D eigenvalue weighted by Crippen LogP contribution is -2.12. The molecule has 0 atom stereocenters. The van der Waals surface area contributed by atoms with Gasteiger partial charge in [-0.05, 0) is 25.1 Å². The number of rotatable bonds is 5. The Morgan fingerprint density at radius 2 is 1.89 bits per heavy atom. The molecule has 10 heteroatoms. The van der Waals surface area contributed by atoms with E-state index in [4.69, 9.17) is 0 Å². The monoisotopic (exact) mass is 386 g/mol. The fourth-order valence-corrected chi connectivity index (χ4v) is 1.88. The molecule has 0 fully saturated rings. The highest BCUT2D eigenvalue weighted by atomic mass is 19.2. The lowest BCUT2D eigenvalue weighted by Gasteiger charge is -2.09.